The van der Waals surface area contributed by atoms with Crippen molar-refractivity contribution in [3.8, 4) is 0 Å². The summed E-state index contributed by atoms with van der Waals surface area (Å²) >= 11 is 0. The highest BCUT2D eigenvalue weighted by Crippen LogP contribution is 2.19. The second-order valence-electron chi connectivity index (χ2n) is 5.01. The highest BCUT2D eigenvalue weighted by molar-refractivity contribution is 5.88. The maximum atomic E-state index is 10.9. The van der Waals surface area contributed by atoms with E-state index in [0.717, 1.165) is 19.5 Å². The van der Waals surface area contributed by atoms with Gasteiger partial charge in [-0.05, 0) is 38.1 Å². The Bertz CT molecular complexity index is 436. The quantitative estimate of drug-likeness (QED) is 0.850. The molecule has 1 aromatic heterocycles. The van der Waals surface area contributed by atoms with Crippen molar-refractivity contribution in [1.29, 1.82) is 0 Å². The van der Waals surface area contributed by atoms with Crippen molar-refractivity contribution in [3.63, 3.8) is 0 Å². The number of hydrogen-bond donors (Lipinski definition) is 2. The summed E-state index contributed by atoms with van der Waals surface area (Å²) in [6.45, 7) is 4.31. The minimum Gasteiger partial charge on any atom is -0.478 e. The topological polar surface area (TPSA) is 65.5 Å². The standard InChI is InChI=1S/C13H19N3O2/c1-9-8-16(2)6-4-11(9)15-12-7-10(13(17)18)3-5-14-12/h3,5,7,9,11H,4,6,8H2,1-2H3,(H,14,15)(H,17,18). The van der Waals surface area contributed by atoms with E-state index in [1.165, 1.54) is 12.3 Å². The fraction of sp³-hybridized carbons (Fsp3) is 0.538. The van der Waals surface area contributed by atoms with E-state index in [1.54, 1.807) is 6.07 Å². The minimum absolute atomic E-state index is 0.271. The molecule has 2 N–H and O–H groups in total. The molecular weight excluding hydrogens is 230 g/mol. The molecule has 2 rings (SSSR count). The molecule has 1 aromatic rings. The predicted octanol–water partition coefficient (Wildman–Crippen LogP) is 1.53. The lowest BCUT2D eigenvalue weighted by molar-refractivity contribution is 0.0697. The van der Waals surface area contributed by atoms with Crippen LogP contribution in [0, 0.1) is 5.92 Å². The molecule has 1 saturated heterocycles. The molecule has 2 unspecified atom stereocenters. The minimum atomic E-state index is -0.920. The smallest absolute Gasteiger partial charge is 0.335 e. The molecule has 0 aliphatic carbocycles. The van der Waals surface area contributed by atoms with Crippen molar-refractivity contribution >= 4 is 11.8 Å². The molecule has 0 bridgehead atoms. The summed E-state index contributed by atoms with van der Waals surface area (Å²) < 4.78 is 0. The van der Waals surface area contributed by atoms with Gasteiger partial charge >= 0.3 is 5.97 Å². The normalized spacial score (nSPS) is 24.8. The molecule has 2 atom stereocenters. The number of carboxylic acids is 1. The number of aromatic nitrogens is 1. The molecule has 2 heterocycles. The molecule has 0 radical (unpaired) electrons. The first-order valence-electron chi connectivity index (χ1n) is 6.20. The van der Waals surface area contributed by atoms with E-state index in [9.17, 15) is 4.79 Å². The Morgan fingerprint density at radius 1 is 1.61 bits per heavy atom. The van der Waals surface area contributed by atoms with E-state index >= 15 is 0 Å². The van der Waals surface area contributed by atoms with Crippen LogP contribution < -0.4 is 5.32 Å². The first-order valence-corrected chi connectivity index (χ1v) is 6.20. The van der Waals surface area contributed by atoms with Crippen LogP contribution in [0.5, 0.6) is 0 Å². The van der Waals surface area contributed by atoms with Gasteiger partial charge in [-0.15, -0.1) is 0 Å². The van der Waals surface area contributed by atoms with Gasteiger partial charge in [0.1, 0.15) is 5.82 Å². The van der Waals surface area contributed by atoms with Crippen molar-refractivity contribution in [2.75, 3.05) is 25.5 Å². The van der Waals surface area contributed by atoms with Crippen molar-refractivity contribution in [3.05, 3.63) is 23.9 Å². The Kier molecular flexibility index (Phi) is 3.81. The van der Waals surface area contributed by atoms with Gasteiger partial charge in [0.15, 0.2) is 0 Å². The number of aromatic carboxylic acids is 1. The second-order valence-corrected chi connectivity index (χ2v) is 5.01. The van der Waals surface area contributed by atoms with Gasteiger partial charge in [0.05, 0.1) is 5.56 Å². The van der Waals surface area contributed by atoms with Crippen LogP contribution in [-0.2, 0) is 0 Å². The Morgan fingerprint density at radius 3 is 3.06 bits per heavy atom. The average molecular weight is 249 g/mol. The molecule has 18 heavy (non-hydrogen) atoms. The summed E-state index contributed by atoms with van der Waals surface area (Å²) in [6, 6.07) is 3.46. The van der Waals surface area contributed by atoms with Gasteiger partial charge in [0, 0.05) is 18.8 Å². The van der Waals surface area contributed by atoms with Gasteiger partial charge in [-0.3, -0.25) is 0 Å². The van der Waals surface area contributed by atoms with Gasteiger partial charge in [0.25, 0.3) is 0 Å². The highest BCUT2D eigenvalue weighted by atomic mass is 16.4. The van der Waals surface area contributed by atoms with Crippen LogP contribution in [0.1, 0.15) is 23.7 Å². The molecule has 0 spiro atoms. The number of pyridine rings is 1. The molecule has 1 fully saturated rings. The third kappa shape index (κ3) is 2.98. The van der Waals surface area contributed by atoms with Crippen molar-refractivity contribution < 1.29 is 9.90 Å². The molecule has 1 aliphatic rings. The third-order valence-electron chi connectivity index (χ3n) is 3.45. The summed E-state index contributed by atoms with van der Waals surface area (Å²) in [4.78, 5) is 17.4. The summed E-state index contributed by atoms with van der Waals surface area (Å²) in [5.41, 5.74) is 0.271. The summed E-state index contributed by atoms with van der Waals surface area (Å²) in [6.07, 6.45) is 2.59. The van der Waals surface area contributed by atoms with E-state index in [2.05, 4.69) is 29.2 Å². The first kappa shape index (κ1) is 12.8. The van der Waals surface area contributed by atoms with Crippen LogP contribution in [-0.4, -0.2) is 47.1 Å². The molecule has 5 heteroatoms. The molecular formula is C13H19N3O2. The van der Waals surface area contributed by atoms with Gasteiger partial charge in [-0.25, -0.2) is 9.78 Å². The predicted molar refractivity (Wildman–Crippen MR) is 69.9 cm³/mol. The monoisotopic (exact) mass is 249 g/mol. The fourth-order valence-corrected chi connectivity index (χ4v) is 2.40. The number of nitrogens with one attached hydrogen (secondary N) is 1. The first-order chi connectivity index (χ1) is 8.56. The zero-order chi connectivity index (χ0) is 13.1. The van der Waals surface area contributed by atoms with Gasteiger partial charge < -0.3 is 15.3 Å². The van der Waals surface area contributed by atoms with E-state index in [-0.39, 0.29) is 5.56 Å². The van der Waals surface area contributed by atoms with Crippen molar-refractivity contribution in [1.82, 2.24) is 9.88 Å². The summed E-state index contributed by atoms with van der Waals surface area (Å²) in [5, 5.41) is 12.3. The molecule has 1 aliphatic heterocycles. The SMILES string of the molecule is CC1CN(C)CCC1Nc1cc(C(=O)O)ccn1. The zero-order valence-electron chi connectivity index (χ0n) is 10.8. The maximum absolute atomic E-state index is 10.9. The third-order valence-corrected chi connectivity index (χ3v) is 3.45. The lowest BCUT2D eigenvalue weighted by Gasteiger charge is -2.35. The van der Waals surface area contributed by atoms with Gasteiger partial charge in [0.2, 0.25) is 0 Å². The lowest BCUT2D eigenvalue weighted by atomic mass is 9.94. The van der Waals surface area contributed by atoms with E-state index < -0.39 is 5.97 Å². The van der Waals surface area contributed by atoms with E-state index in [4.69, 9.17) is 5.11 Å². The fourth-order valence-electron chi connectivity index (χ4n) is 2.40. The van der Waals surface area contributed by atoms with Crippen LogP contribution in [0.25, 0.3) is 0 Å². The van der Waals surface area contributed by atoms with Crippen molar-refractivity contribution in [2.24, 2.45) is 5.92 Å². The van der Waals surface area contributed by atoms with Crippen molar-refractivity contribution in [2.45, 2.75) is 19.4 Å². The largest absolute Gasteiger partial charge is 0.478 e. The van der Waals surface area contributed by atoms with Crippen LogP contribution in [0.15, 0.2) is 18.3 Å². The average Bonchev–Trinajstić information content (AvgIpc) is 2.33. The molecule has 98 valence electrons. The van der Waals surface area contributed by atoms with E-state index in [0.29, 0.717) is 17.8 Å². The number of likely N-dealkylation sites (tertiary alicyclic amines) is 1. The molecule has 0 amide bonds. The number of hydrogen-bond acceptors (Lipinski definition) is 4. The van der Waals surface area contributed by atoms with Crippen LogP contribution >= 0.6 is 0 Å². The Morgan fingerprint density at radius 2 is 2.39 bits per heavy atom. The van der Waals surface area contributed by atoms with Crippen LogP contribution in [0.4, 0.5) is 5.82 Å². The Balaban J connectivity index is 2.05. The zero-order valence-corrected chi connectivity index (χ0v) is 10.8. The Hall–Kier alpha value is -1.62. The lowest BCUT2D eigenvalue weighted by Crippen LogP contribution is -2.43. The molecule has 5 nitrogen and oxygen atoms in total. The Labute approximate surface area is 107 Å². The summed E-state index contributed by atoms with van der Waals surface area (Å²) in [5.74, 6) is 0.257. The number of piperidine rings is 1. The van der Waals surface area contributed by atoms with E-state index in [1.807, 2.05) is 0 Å². The van der Waals surface area contributed by atoms with Crippen LogP contribution in [0.2, 0.25) is 0 Å². The molecule has 0 aromatic carbocycles. The highest BCUT2D eigenvalue weighted by Gasteiger charge is 2.24. The number of carbonyl (C=O) groups is 1. The summed E-state index contributed by atoms with van der Waals surface area (Å²) in [7, 11) is 2.12. The number of rotatable bonds is 3. The second kappa shape index (κ2) is 5.35. The van der Waals surface area contributed by atoms with Gasteiger partial charge in [-0.2, -0.15) is 0 Å². The number of nitrogens with zero attached hydrogens (tertiary/aromatic N) is 2. The number of anilines is 1. The number of carboxylic acid groups (broad SMARTS) is 1. The maximum Gasteiger partial charge on any atom is 0.335 e. The van der Waals surface area contributed by atoms with Gasteiger partial charge in [-0.1, -0.05) is 6.92 Å². The molecule has 0 saturated carbocycles. The van der Waals surface area contributed by atoms with Crippen LogP contribution in [0.3, 0.4) is 0 Å².